The molecule has 184 valence electrons. The summed E-state index contributed by atoms with van der Waals surface area (Å²) >= 11 is 1.55. The standard InChI is InChI=1S/C23H28N2O7S2/c1-23(2,3)32-22(27)25(4)21-9-7-16(12-24-21)19-10-15-6-8-18(11-20(15)33-19)30-13-17(26)14-31-34(5,28)29/h6-12,17,26H,13-14H2,1-5H3/t17-/m1/s1. The number of benzene rings is 1. The van der Waals surface area contributed by atoms with E-state index in [-0.39, 0.29) is 13.2 Å². The van der Waals surface area contributed by atoms with Crippen molar-refractivity contribution < 1.29 is 32.0 Å². The maximum atomic E-state index is 12.2. The zero-order valence-corrected chi connectivity index (χ0v) is 21.3. The molecule has 3 aromatic rings. The van der Waals surface area contributed by atoms with Crippen molar-refractivity contribution in [3.8, 4) is 16.2 Å². The van der Waals surface area contributed by atoms with Gasteiger partial charge in [0, 0.05) is 28.4 Å². The molecule has 34 heavy (non-hydrogen) atoms. The van der Waals surface area contributed by atoms with E-state index < -0.39 is 27.9 Å². The highest BCUT2D eigenvalue weighted by Crippen LogP contribution is 2.35. The van der Waals surface area contributed by atoms with Crippen LogP contribution in [0, 0.1) is 0 Å². The highest BCUT2D eigenvalue weighted by molar-refractivity contribution is 7.85. The van der Waals surface area contributed by atoms with Crippen molar-refractivity contribution in [1.82, 2.24) is 4.98 Å². The Morgan fingerprint density at radius 2 is 1.91 bits per heavy atom. The maximum absolute atomic E-state index is 12.2. The van der Waals surface area contributed by atoms with Crippen LogP contribution in [0.15, 0.2) is 42.6 Å². The summed E-state index contributed by atoms with van der Waals surface area (Å²) in [5.41, 5.74) is 0.311. The summed E-state index contributed by atoms with van der Waals surface area (Å²) in [6, 6.07) is 11.2. The number of rotatable bonds is 8. The second kappa shape index (κ2) is 10.3. The molecule has 0 saturated carbocycles. The Balaban J connectivity index is 1.67. The summed E-state index contributed by atoms with van der Waals surface area (Å²) in [4.78, 5) is 19.0. The van der Waals surface area contributed by atoms with E-state index in [0.29, 0.717) is 11.6 Å². The largest absolute Gasteiger partial charge is 0.491 e. The third-order valence-electron chi connectivity index (χ3n) is 4.45. The lowest BCUT2D eigenvalue weighted by Crippen LogP contribution is -2.34. The van der Waals surface area contributed by atoms with Crippen molar-refractivity contribution in [2.24, 2.45) is 0 Å². The number of aromatic nitrogens is 1. The predicted octanol–water partition coefficient (Wildman–Crippen LogP) is 4.05. The molecule has 1 aromatic carbocycles. The average Bonchev–Trinajstić information content (AvgIpc) is 3.17. The molecule has 1 amide bonds. The zero-order chi connectivity index (χ0) is 25.1. The number of amides is 1. The van der Waals surface area contributed by atoms with Crippen LogP contribution in [0.4, 0.5) is 10.6 Å². The Kier molecular flexibility index (Phi) is 7.81. The number of fused-ring (bicyclic) bond motifs is 1. The van der Waals surface area contributed by atoms with Crippen LogP contribution in [0.5, 0.6) is 5.75 Å². The number of ether oxygens (including phenoxy) is 2. The number of hydrogen-bond acceptors (Lipinski definition) is 9. The zero-order valence-electron chi connectivity index (χ0n) is 19.6. The Hall–Kier alpha value is -2.73. The molecule has 2 heterocycles. The van der Waals surface area contributed by atoms with Gasteiger partial charge in [0.15, 0.2) is 0 Å². The van der Waals surface area contributed by atoms with Gasteiger partial charge < -0.3 is 14.6 Å². The molecule has 0 saturated heterocycles. The molecule has 11 heteroatoms. The molecular formula is C23H28N2O7S2. The van der Waals surface area contributed by atoms with E-state index in [9.17, 15) is 18.3 Å². The number of aliphatic hydroxyl groups excluding tert-OH is 1. The van der Waals surface area contributed by atoms with Gasteiger partial charge >= 0.3 is 6.09 Å². The molecular weight excluding hydrogens is 480 g/mol. The average molecular weight is 509 g/mol. The first-order valence-corrected chi connectivity index (χ1v) is 13.1. The van der Waals surface area contributed by atoms with Crippen molar-refractivity contribution in [2.75, 3.05) is 31.4 Å². The monoisotopic (exact) mass is 508 g/mol. The first-order chi connectivity index (χ1) is 15.8. The fraction of sp³-hybridized carbons (Fsp3) is 0.391. The summed E-state index contributed by atoms with van der Waals surface area (Å²) < 4.78 is 38.5. The lowest BCUT2D eigenvalue weighted by molar-refractivity contribution is 0.0588. The fourth-order valence-corrected chi connectivity index (χ4v) is 4.33. The maximum Gasteiger partial charge on any atom is 0.415 e. The molecule has 3 rings (SSSR count). The summed E-state index contributed by atoms with van der Waals surface area (Å²) in [6.45, 7) is 4.96. The SMILES string of the molecule is CN(C(=O)OC(C)(C)C)c1ccc(-c2cc3ccc(OC[C@@H](O)COS(C)(=O)=O)cc3s2)cn1. The lowest BCUT2D eigenvalue weighted by atomic mass is 10.2. The molecule has 0 fully saturated rings. The molecule has 0 aliphatic carbocycles. The molecule has 2 aromatic heterocycles. The van der Waals surface area contributed by atoms with Crippen LogP contribution in [0.3, 0.4) is 0 Å². The van der Waals surface area contributed by atoms with Crippen LogP contribution in [-0.2, 0) is 19.0 Å². The van der Waals surface area contributed by atoms with Gasteiger partial charge in [-0.1, -0.05) is 0 Å². The van der Waals surface area contributed by atoms with E-state index in [1.807, 2.05) is 45.0 Å². The van der Waals surface area contributed by atoms with E-state index in [1.54, 1.807) is 36.7 Å². The summed E-state index contributed by atoms with van der Waals surface area (Å²) in [5.74, 6) is 1.03. The Morgan fingerprint density at radius 1 is 1.18 bits per heavy atom. The third kappa shape index (κ3) is 7.39. The number of thiophene rings is 1. The number of nitrogens with zero attached hydrogens (tertiary/aromatic N) is 2. The number of carbonyl (C=O) groups excluding carboxylic acids is 1. The van der Waals surface area contributed by atoms with E-state index >= 15 is 0 Å². The molecule has 0 aliphatic heterocycles. The minimum Gasteiger partial charge on any atom is -0.491 e. The van der Waals surface area contributed by atoms with Gasteiger partial charge in [-0.2, -0.15) is 8.42 Å². The molecule has 0 spiro atoms. The fourth-order valence-electron chi connectivity index (χ4n) is 2.84. The summed E-state index contributed by atoms with van der Waals surface area (Å²) in [6.07, 6.45) is 1.07. The third-order valence-corrected chi connectivity index (χ3v) is 6.16. The summed E-state index contributed by atoms with van der Waals surface area (Å²) in [7, 11) is -2.01. The number of carbonyl (C=O) groups is 1. The quantitative estimate of drug-likeness (QED) is 0.453. The highest BCUT2D eigenvalue weighted by Gasteiger charge is 2.21. The van der Waals surface area contributed by atoms with Crippen LogP contribution in [0.1, 0.15) is 20.8 Å². The molecule has 0 aliphatic rings. The van der Waals surface area contributed by atoms with Gasteiger partial charge in [-0.15, -0.1) is 11.3 Å². The van der Waals surface area contributed by atoms with Crippen LogP contribution >= 0.6 is 11.3 Å². The van der Waals surface area contributed by atoms with Gasteiger partial charge in [-0.3, -0.25) is 9.08 Å². The van der Waals surface area contributed by atoms with Crippen LogP contribution in [0.2, 0.25) is 0 Å². The second-order valence-corrected chi connectivity index (χ2v) is 11.4. The number of aliphatic hydroxyl groups is 1. The predicted molar refractivity (Wildman–Crippen MR) is 132 cm³/mol. The molecule has 0 bridgehead atoms. The topological polar surface area (TPSA) is 115 Å². The number of hydrogen-bond donors (Lipinski definition) is 1. The first kappa shape index (κ1) is 25.9. The van der Waals surface area contributed by atoms with Gasteiger partial charge in [0.25, 0.3) is 10.1 Å². The van der Waals surface area contributed by atoms with Gasteiger partial charge in [-0.25, -0.2) is 9.78 Å². The van der Waals surface area contributed by atoms with Gasteiger partial charge in [0.05, 0.1) is 12.9 Å². The van der Waals surface area contributed by atoms with Gasteiger partial charge in [0.1, 0.15) is 29.9 Å². The van der Waals surface area contributed by atoms with Crippen molar-refractivity contribution in [2.45, 2.75) is 32.5 Å². The summed E-state index contributed by atoms with van der Waals surface area (Å²) in [5, 5.41) is 10.9. The van der Waals surface area contributed by atoms with Crippen LogP contribution in [0.25, 0.3) is 20.5 Å². The van der Waals surface area contributed by atoms with E-state index in [2.05, 4.69) is 9.17 Å². The molecule has 9 nitrogen and oxygen atoms in total. The highest BCUT2D eigenvalue weighted by atomic mass is 32.2. The normalized spacial score (nSPS) is 13.0. The van der Waals surface area contributed by atoms with Gasteiger partial charge in [-0.05, 0) is 62.6 Å². The van der Waals surface area contributed by atoms with Crippen LogP contribution < -0.4 is 9.64 Å². The van der Waals surface area contributed by atoms with Gasteiger partial charge in [0.2, 0.25) is 0 Å². The number of anilines is 1. The molecule has 1 N–H and O–H groups in total. The van der Waals surface area contributed by atoms with Crippen molar-refractivity contribution in [3.05, 3.63) is 42.6 Å². The smallest absolute Gasteiger partial charge is 0.415 e. The lowest BCUT2D eigenvalue weighted by Gasteiger charge is -2.24. The second-order valence-electron chi connectivity index (χ2n) is 8.71. The number of pyridine rings is 1. The minimum atomic E-state index is -3.62. The van der Waals surface area contributed by atoms with Crippen molar-refractivity contribution in [3.63, 3.8) is 0 Å². The van der Waals surface area contributed by atoms with Crippen molar-refractivity contribution in [1.29, 1.82) is 0 Å². The Bertz CT molecular complexity index is 1250. The Morgan fingerprint density at radius 3 is 2.53 bits per heavy atom. The van der Waals surface area contributed by atoms with E-state index in [4.69, 9.17) is 9.47 Å². The minimum absolute atomic E-state index is 0.101. The molecule has 0 radical (unpaired) electrons. The van der Waals surface area contributed by atoms with E-state index in [1.165, 1.54) is 4.90 Å². The van der Waals surface area contributed by atoms with E-state index in [0.717, 1.165) is 26.8 Å². The Labute approximate surface area is 203 Å². The van der Waals surface area contributed by atoms with Crippen LogP contribution in [-0.4, -0.2) is 62.8 Å². The van der Waals surface area contributed by atoms with Crippen molar-refractivity contribution >= 4 is 43.5 Å². The molecule has 0 unspecified atom stereocenters. The first-order valence-electron chi connectivity index (χ1n) is 10.4. The molecule has 1 atom stereocenters.